The number of carbonyl (C=O) groups is 1. The van der Waals surface area contributed by atoms with Gasteiger partial charge >= 0.3 is 5.97 Å². The van der Waals surface area contributed by atoms with Crippen LogP contribution in [0.2, 0.25) is 5.02 Å². The van der Waals surface area contributed by atoms with Crippen molar-refractivity contribution in [2.45, 2.75) is 31.4 Å². The van der Waals surface area contributed by atoms with Crippen LogP contribution < -0.4 is 0 Å². The molecule has 0 amide bonds. The first kappa shape index (κ1) is 16.4. The third-order valence-electron chi connectivity index (χ3n) is 5.91. The fourth-order valence-corrected chi connectivity index (χ4v) is 5.01. The molecule has 3 saturated heterocycles. The third kappa shape index (κ3) is 3.07. The summed E-state index contributed by atoms with van der Waals surface area (Å²) in [5.74, 6) is 0.638. The second-order valence-electron chi connectivity index (χ2n) is 7.58. The highest BCUT2D eigenvalue weighted by Crippen LogP contribution is 2.39. The second kappa shape index (κ2) is 6.66. The van der Waals surface area contributed by atoms with Gasteiger partial charge in [0.2, 0.25) is 0 Å². The average Bonchev–Trinajstić information content (AvgIpc) is 2.56. The number of fused-ring (bicyclic) bond motifs is 4. The molecule has 24 heavy (non-hydrogen) atoms. The minimum absolute atomic E-state index is 0.0451. The lowest BCUT2D eigenvalue weighted by Crippen LogP contribution is -2.65. The highest BCUT2D eigenvalue weighted by molar-refractivity contribution is 6.30. The molecule has 1 aromatic rings. The van der Waals surface area contributed by atoms with Gasteiger partial charge in [0, 0.05) is 42.5 Å². The third-order valence-corrected chi connectivity index (χ3v) is 6.16. The number of esters is 1. The molecular formula is C19H25ClN2O2. The van der Waals surface area contributed by atoms with Crippen LogP contribution in [-0.4, -0.2) is 61.1 Å². The van der Waals surface area contributed by atoms with E-state index in [9.17, 15) is 4.79 Å². The lowest BCUT2D eigenvalue weighted by molar-refractivity contribution is -0.118. The summed E-state index contributed by atoms with van der Waals surface area (Å²) in [6, 6.07) is 7.57. The Labute approximate surface area is 148 Å². The van der Waals surface area contributed by atoms with Crippen LogP contribution in [0.4, 0.5) is 0 Å². The molecule has 2 bridgehead atoms. The molecule has 4 atom stereocenters. The monoisotopic (exact) mass is 348 g/mol. The second-order valence-corrected chi connectivity index (χ2v) is 8.02. The summed E-state index contributed by atoms with van der Waals surface area (Å²) >= 11 is 5.92. The van der Waals surface area contributed by atoms with Crippen LogP contribution in [0.1, 0.15) is 29.6 Å². The minimum Gasteiger partial charge on any atom is -0.458 e. The van der Waals surface area contributed by atoms with Gasteiger partial charge in [-0.25, -0.2) is 4.79 Å². The summed E-state index contributed by atoms with van der Waals surface area (Å²) in [5.41, 5.74) is 0.594. The smallest absolute Gasteiger partial charge is 0.338 e. The number of ether oxygens (including phenoxy) is 1. The zero-order chi connectivity index (χ0) is 16.7. The molecule has 3 aliphatic heterocycles. The highest BCUT2D eigenvalue weighted by Gasteiger charge is 2.49. The van der Waals surface area contributed by atoms with E-state index in [1.165, 1.54) is 25.8 Å². The van der Waals surface area contributed by atoms with E-state index in [4.69, 9.17) is 16.3 Å². The van der Waals surface area contributed by atoms with Crippen LogP contribution in [0.5, 0.6) is 0 Å². The molecule has 3 aliphatic rings. The fourth-order valence-electron chi connectivity index (χ4n) is 4.89. The molecular weight excluding hydrogens is 324 g/mol. The summed E-state index contributed by atoms with van der Waals surface area (Å²) in [6.07, 6.45) is 3.88. The first-order valence-electron chi connectivity index (χ1n) is 9.01. The number of hydrogen-bond acceptors (Lipinski definition) is 4. The van der Waals surface area contributed by atoms with Crippen molar-refractivity contribution in [3.05, 3.63) is 34.9 Å². The first-order chi connectivity index (χ1) is 11.6. The van der Waals surface area contributed by atoms with Gasteiger partial charge in [-0.05, 0) is 50.7 Å². The number of benzene rings is 1. The summed E-state index contributed by atoms with van der Waals surface area (Å²) in [5, 5.41) is 0.639. The number of nitrogens with zero attached hydrogens (tertiary/aromatic N) is 2. The number of hydrogen-bond donors (Lipinski definition) is 0. The Hall–Kier alpha value is -1.10. The molecule has 5 heteroatoms. The molecule has 130 valence electrons. The quantitative estimate of drug-likeness (QED) is 0.769. The maximum absolute atomic E-state index is 12.6. The Kier molecular flexibility index (Phi) is 4.54. The normalized spacial score (nSPS) is 33.8. The summed E-state index contributed by atoms with van der Waals surface area (Å²) in [4.78, 5) is 17.7. The maximum Gasteiger partial charge on any atom is 0.338 e. The zero-order valence-electron chi connectivity index (χ0n) is 14.2. The number of likely N-dealkylation sites (tertiary alicyclic amines) is 1. The van der Waals surface area contributed by atoms with Gasteiger partial charge in [-0.3, -0.25) is 4.90 Å². The van der Waals surface area contributed by atoms with E-state index in [2.05, 4.69) is 16.8 Å². The Morgan fingerprint density at radius 1 is 1.17 bits per heavy atom. The van der Waals surface area contributed by atoms with Gasteiger partial charge < -0.3 is 9.64 Å². The van der Waals surface area contributed by atoms with Gasteiger partial charge in [0.1, 0.15) is 6.10 Å². The van der Waals surface area contributed by atoms with Crippen LogP contribution in [0, 0.1) is 11.8 Å². The SMILES string of the molecule is CN1C[C@@H]2CN3CCCCC3[C@H](C1)C2OC(=O)c1ccc(Cl)cc1. The van der Waals surface area contributed by atoms with Gasteiger partial charge in [-0.15, -0.1) is 0 Å². The van der Waals surface area contributed by atoms with Crippen molar-refractivity contribution in [3.8, 4) is 0 Å². The van der Waals surface area contributed by atoms with E-state index < -0.39 is 0 Å². The number of carbonyl (C=O) groups excluding carboxylic acids is 1. The van der Waals surface area contributed by atoms with Crippen LogP contribution in [0.25, 0.3) is 0 Å². The predicted molar refractivity (Wildman–Crippen MR) is 94.3 cm³/mol. The maximum atomic E-state index is 12.6. The molecule has 0 N–H and O–H groups in total. The van der Waals surface area contributed by atoms with E-state index in [1.54, 1.807) is 24.3 Å². The Morgan fingerprint density at radius 2 is 1.96 bits per heavy atom. The minimum atomic E-state index is -0.208. The van der Waals surface area contributed by atoms with E-state index in [1.807, 2.05) is 0 Å². The fraction of sp³-hybridized carbons (Fsp3) is 0.632. The summed E-state index contributed by atoms with van der Waals surface area (Å²) in [6.45, 7) is 4.30. The zero-order valence-corrected chi connectivity index (χ0v) is 14.9. The molecule has 0 radical (unpaired) electrons. The van der Waals surface area contributed by atoms with E-state index in [0.29, 0.717) is 28.5 Å². The van der Waals surface area contributed by atoms with Gasteiger partial charge in [-0.1, -0.05) is 18.0 Å². The lowest BCUT2D eigenvalue weighted by Gasteiger charge is -2.55. The first-order valence-corrected chi connectivity index (χ1v) is 9.39. The molecule has 4 rings (SSSR count). The van der Waals surface area contributed by atoms with Gasteiger partial charge in [0.15, 0.2) is 0 Å². The molecule has 4 nitrogen and oxygen atoms in total. The standard InChI is InChI=1S/C19H25ClN2O2/c1-21-10-14-11-22-9-3-2-4-17(22)16(12-21)18(14)24-19(23)13-5-7-15(20)8-6-13/h5-8,14,16-18H,2-4,9-12H2,1H3/t14-,16+,17?,18?/m1/s1. The molecule has 0 aliphatic carbocycles. The predicted octanol–water partition coefficient (Wildman–Crippen LogP) is 2.91. The van der Waals surface area contributed by atoms with E-state index >= 15 is 0 Å². The number of halogens is 1. The molecule has 0 saturated carbocycles. The van der Waals surface area contributed by atoms with Gasteiger partial charge in [0.05, 0.1) is 5.56 Å². The van der Waals surface area contributed by atoms with Crippen LogP contribution in [0.3, 0.4) is 0 Å². The van der Waals surface area contributed by atoms with Crippen LogP contribution >= 0.6 is 11.6 Å². The summed E-state index contributed by atoms with van der Waals surface area (Å²) < 4.78 is 6.05. The Balaban J connectivity index is 1.53. The van der Waals surface area contributed by atoms with Crippen molar-refractivity contribution < 1.29 is 9.53 Å². The molecule has 3 heterocycles. The summed E-state index contributed by atoms with van der Waals surface area (Å²) in [7, 11) is 2.19. The highest BCUT2D eigenvalue weighted by atomic mass is 35.5. The van der Waals surface area contributed by atoms with Crippen molar-refractivity contribution in [2.75, 3.05) is 33.2 Å². The molecule has 1 aromatic carbocycles. The van der Waals surface area contributed by atoms with Crippen molar-refractivity contribution in [2.24, 2.45) is 11.8 Å². The topological polar surface area (TPSA) is 32.8 Å². The van der Waals surface area contributed by atoms with E-state index in [0.717, 1.165) is 19.6 Å². The molecule has 2 unspecified atom stereocenters. The number of rotatable bonds is 2. The van der Waals surface area contributed by atoms with Crippen molar-refractivity contribution in [1.29, 1.82) is 0 Å². The van der Waals surface area contributed by atoms with Crippen molar-refractivity contribution in [3.63, 3.8) is 0 Å². The van der Waals surface area contributed by atoms with Crippen LogP contribution in [-0.2, 0) is 4.74 Å². The molecule has 0 spiro atoms. The van der Waals surface area contributed by atoms with Gasteiger partial charge in [0.25, 0.3) is 0 Å². The Bertz CT molecular complexity index is 606. The Morgan fingerprint density at radius 3 is 2.75 bits per heavy atom. The van der Waals surface area contributed by atoms with E-state index in [-0.39, 0.29) is 12.1 Å². The molecule has 0 aromatic heterocycles. The van der Waals surface area contributed by atoms with Crippen molar-refractivity contribution in [1.82, 2.24) is 9.80 Å². The van der Waals surface area contributed by atoms with Crippen molar-refractivity contribution >= 4 is 17.6 Å². The molecule has 3 fully saturated rings. The lowest BCUT2D eigenvalue weighted by atomic mass is 9.74. The largest absolute Gasteiger partial charge is 0.458 e. The average molecular weight is 349 g/mol. The van der Waals surface area contributed by atoms with Gasteiger partial charge in [-0.2, -0.15) is 0 Å². The number of piperidine rings is 3. The van der Waals surface area contributed by atoms with Crippen LogP contribution in [0.15, 0.2) is 24.3 Å².